The number of benzene rings is 3. The number of hydrogen-bond acceptors (Lipinski definition) is 7. The number of ether oxygens (including phenoxy) is 2. The van der Waals surface area contributed by atoms with Crippen molar-refractivity contribution in [1.82, 2.24) is 0 Å². The summed E-state index contributed by atoms with van der Waals surface area (Å²) < 4.78 is 10.7. The molecule has 1 fully saturated rings. The number of hydrogen-bond donors (Lipinski definition) is 1. The van der Waals surface area contributed by atoms with Gasteiger partial charge in [-0.25, -0.2) is 0 Å². The van der Waals surface area contributed by atoms with Gasteiger partial charge in [-0.2, -0.15) is 0 Å². The summed E-state index contributed by atoms with van der Waals surface area (Å²) in [5.41, 5.74) is 0.922. The summed E-state index contributed by atoms with van der Waals surface area (Å²) in [6.07, 6.45) is 0. The Morgan fingerprint density at radius 3 is 2.36 bits per heavy atom. The van der Waals surface area contributed by atoms with Crippen LogP contribution in [0.1, 0.15) is 17.2 Å². The number of aliphatic hydroxyl groups excluding tert-OH is 1. The van der Waals surface area contributed by atoms with Gasteiger partial charge in [0.25, 0.3) is 17.4 Å². The standard InChI is InChI=1S/C24H16N2O7/c27-22(15-6-8-16(9-7-15)26(30)31)20-21(14-4-2-1-3-5-14)25(24(29)23(20)28)17-10-11-18-19(12-17)33-13-32-18/h1-12,21,27H,13H2/b22-20+. The Labute approximate surface area is 187 Å². The van der Waals surface area contributed by atoms with E-state index in [2.05, 4.69) is 0 Å². The van der Waals surface area contributed by atoms with E-state index in [9.17, 15) is 24.8 Å². The van der Waals surface area contributed by atoms with Crippen LogP contribution in [0.2, 0.25) is 0 Å². The fraction of sp³-hybridized carbons (Fsp3) is 0.0833. The van der Waals surface area contributed by atoms with Crippen LogP contribution < -0.4 is 14.4 Å². The normalized spacial score (nSPS) is 18.5. The number of nitrogens with zero attached hydrogens (tertiary/aromatic N) is 2. The molecule has 3 aromatic carbocycles. The zero-order valence-electron chi connectivity index (χ0n) is 17.0. The summed E-state index contributed by atoms with van der Waals surface area (Å²) in [5, 5.41) is 22.0. The second-order valence-corrected chi connectivity index (χ2v) is 7.42. The van der Waals surface area contributed by atoms with Crippen LogP contribution in [0.5, 0.6) is 11.5 Å². The van der Waals surface area contributed by atoms with Crippen LogP contribution in [0.4, 0.5) is 11.4 Å². The molecule has 1 amide bonds. The third kappa shape index (κ3) is 3.35. The molecule has 5 rings (SSSR count). The number of ketones is 1. The SMILES string of the molecule is O=C1C(=O)N(c2ccc3c(c2)OCO3)C(c2ccccc2)/C1=C(\O)c1ccc([N+](=O)[O-])cc1. The van der Waals surface area contributed by atoms with Gasteiger partial charge in [-0.15, -0.1) is 0 Å². The van der Waals surface area contributed by atoms with Gasteiger partial charge < -0.3 is 14.6 Å². The van der Waals surface area contributed by atoms with E-state index in [4.69, 9.17) is 9.47 Å². The number of carbonyl (C=O) groups excluding carboxylic acids is 2. The number of nitro benzene ring substituents is 1. The highest BCUT2D eigenvalue weighted by molar-refractivity contribution is 6.51. The Bertz CT molecular complexity index is 1320. The van der Waals surface area contributed by atoms with Gasteiger partial charge in [0.15, 0.2) is 11.5 Å². The average Bonchev–Trinajstić information content (AvgIpc) is 3.41. The molecule has 0 saturated carbocycles. The van der Waals surface area contributed by atoms with Gasteiger partial charge in [-0.1, -0.05) is 30.3 Å². The van der Waals surface area contributed by atoms with Crippen molar-refractivity contribution >= 4 is 28.8 Å². The third-order valence-electron chi connectivity index (χ3n) is 5.55. The number of nitro groups is 1. The van der Waals surface area contributed by atoms with E-state index in [1.165, 1.54) is 29.2 Å². The molecule has 164 valence electrons. The fourth-order valence-corrected chi connectivity index (χ4v) is 3.98. The summed E-state index contributed by atoms with van der Waals surface area (Å²) in [4.78, 5) is 38.0. The molecular formula is C24H16N2O7. The number of rotatable bonds is 4. The molecule has 1 atom stereocenters. The minimum atomic E-state index is -0.915. The van der Waals surface area contributed by atoms with Crippen LogP contribution >= 0.6 is 0 Å². The molecule has 2 aliphatic rings. The largest absolute Gasteiger partial charge is 0.507 e. The van der Waals surface area contributed by atoms with Crippen molar-refractivity contribution in [1.29, 1.82) is 0 Å². The molecule has 2 aliphatic heterocycles. The number of aliphatic hydroxyl groups is 1. The molecule has 33 heavy (non-hydrogen) atoms. The lowest BCUT2D eigenvalue weighted by Gasteiger charge is -2.25. The lowest BCUT2D eigenvalue weighted by atomic mass is 9.95. The van der Waals surface area contributed by atoms with Gasteiger partial charge >= 0.3 is 0 Å². The maximum Gasteiger partial charge on any atom is 0.300 e. The summed E-state index contributed by atoms with van der Waals surface area (Å²) in [5.74, 6) is -1.13. The van der Waals surface area contributed by atoms with Crippen LogP contribution in [-0.4, -0.2) is 28.5 Å². The maximum atomic E-state index is 13.1. The second kappa shape index (κ2) is 7.79. The van der Waals surface area contributed by atoms with Gasteiger partial charge in [0.05, 0.1) is 16.5 Å². The Morgan fingerprint density at radius 1 is 0.970 bits per heavy atom. The summed E-state index contributed by atoms with van der Waals surface area (Å²) in [6.45, 7) is 0.0554. The highest BCUT2D eigenvalue weighted by atomic mass is 16.7. The minimum Gasteiger partial charge on any atom is -0.507 e. The first-order chi connectivity index (χ1) is 16.0. The lowest BCUT2D eigenvalue weighted by Crippen LogP contribution is -2.29. The first-order valence-corrected chi connectivity index (χ1v) is 9.96. The first-order valence-electron chi connectivity index (χ1n) is 9.96. The molecule has 0 radical (unpaired) electrons. The Hall–Kier alpha value is -4.66. The van der Waals surface area contributed by atoms with Gasteiger partial charge in [0.1, 0.15) is 5.76 Å². The van der Waals surface area contributed by atoms with Crippen molar-refractivity contribution < 1.29 is 29.1 Å². The zero-order valence-corrected chi connectivity index (χ0v) is 17.0. The number of fused-ring (bicyclic) bond motifs is 1. The number of non-ortho nitro benzene ring substituents is 1. The average molecular weight is 444 g/mol. The molecule has 0 aromatic heterocycles. The van der Waals surface area contributed by atoms with Crippen molar-refractivity contribution in [2.24, 2.45) is 0 Å². The second-order valence-electron chi connectivity index (χ2n) is 7.42. The maximum absolute atomic E-state index is 13.1. The van der Waals surface area contributed by atoms with Crippen molar-refractivity contribution in [2.75, 3.05) is 11.7 Å². The number of amides is 1. The molecule has 0 bridgehead atoms. The smallest absolute Gasteiger partial charge is 0.300 e. The fourth-order valence-electron chi connectivity index (χ4n) is 3.98. The van der Waals surface area contributed by atoms with Gasteiger partial charge in [0.2, 0.25) is 6.79 Å². The number of carbonyl (C=O) groups is 2. The molecule has 2 heterocycles. The van der Waals surface area contributed by atoms with Crippen molar-refractivity contribution in [2.45, 2.75) is 6.04 Å². The molecule has 1 unspecified atom stereocenters. The minimum absolute atomic E-state index is 0.0554. The van der Waals surface area contributed by atoms with Crippen LogP contribution in [0.15, 0.2) is 78.4 Å². The van der Waals surface area contributed by atoms with Crippen molar-refractivity contribution in [3.63, 3.8) is 0 Å². The molecule has 9 heteroatoms. The van der Waals surface area contributed by atoms with E-state index in [1.54, 1.807) is 48.5 Å². The predicted octanol–water partition coefficient (Wildman–Crippen LogP) is 3.95. The lowest BCUT2D eigenvalue weighted by molar-refractivity contribution is -0.384. The first kappa shape index (κ1) is 20.3. The van der Waals surface area contributed by atoms with E-state index < -0.39 is 28.4 Å². The number of Topliss-reactive ketones (excluding diaryl/α,β-unsaturated/α-hetero) is 1. The van der Waals surface area contributed by atoms with Crippen LogP contribution in [0, 0.1) is 10.1 Å². The van der Waals surface area contributed by atoms with Crippen LogP contribution in [-0.2, 0) is 9.59 Å². The Morgan fingerprint density at radius 2 is 1.67 bits per heavy atom. The van der Waals surface area contributed by atoms with Crippen LogP contribution in [0.3, 0.4) is 0 Å². The van der Waals surface area contributed by atoms with E-state index in [0.29, 0.717) is 22.7 Å². The molecule has 1 N–H and O–H groups in total. The predicted molar refractivity (Wildman–Crippen MR) is 117 cm³/mol. The summed E-state index contributed by atoms with van der Waals surface area (Å²) >= 11 is 0. The van der Waals surface area contributed by atoms with E-state index in [-0.39, 0.29) is 23.6 Å². The van der Waals surface area contributed by atoms with E-state index >= 15 is 0 Å². The van der Waals surface area contributed by atoms with Crippen LogP contribution in [0.25, 0.3) is 5.76 Å². The van der Waals surface area contributed by atoms with Crippen molar-refractivity contribution in [3.8, 4) is 11.5 Å². The summed E-state index contributed by atoms with van der Waals surface area (Å²) in [6, 6.07) is 17.9. The number of anilines is 1. The molecular weight excluding hydrogens is 428 g/mol. The highest BCUT2D eigenvalue weighted by Crippen LogP contribution is 2.44. The molecule has 1 saturated heterocycles. The van der Waals surface area contributed by atoms with Gasteiger partial charge in [-0.3, -0.25) is 24.6 Å². The Balaban J connectivity index is 1.67. The topological polar surface area (TPSA) is 119 Å². The Kier molecular flexibility index (Phi) is 4.78. The monoisotopic (exact) mass is 444 g/mol. The highest BCUT2D eigenvalue weighted by Gasteiger charge is 2.47. The molecule has 0 spiro atoms. The quantitative estimate of drug-likeness (QED) is 0.213. The van der Waals surface area contributed by atoms with Crippen molar-refractivity contribution in [3.05, 3.63) is 99.6 Å². The zero-order chi connectivity index (χ0) is 23.1. The summed E-state index contributed by atoms with van der Waals surface area (Å²) in [7, 11) is 0. The van der Waals surface area contributed by atoms with Gasteiger partial charge in [-0.05, 0) is 29.8 Å². The van der Waals surface area contributed by atoms with Gasteiger partial charge in [0, 0.05) is 29.4 Å². The molecule has 3 aromatic rings. The van der Waals surface area contributed by atoms with E-state index in [1.807, 2.05) is 0 Å². The molecule has 9 nitrogen and oxygen atoms in total. The third-order valence-corrected chi connectivity index (χ3v) is 5.55. The molecule has 0 aliphatic carbocycles. The van der Waals surface area contributed by atoms with E-state index in [0.717, 1.165) is 0 Å².